The van der Waals surface area contributed by atoms with Gasteiger partial charge in [-0.15, -0.1) is 0 Å². The minimum absolute atomic E-state index is 0.111. The minimum Gasteiger partial charge on any atom is -0.490 e. The number of benzene rings is 1. The maximum absolute atomic E-state index is 13.1. The number of carbonyl (C=O) groups excluding carboxylic acids is 2. The van der Waals surface area contributed by atoms with E-state index in [9.17, 15) is 14.0 Å². The van der Waals surface area contributed by atoms with Gasteiger partial charge in [-0.05, 0) is 57.0 Å². The molecule has 3 rings (SSSR count). The molecule has 1 aliphatic rings. The molecular formula is C24H33FN4O4. The number of rotatable bonds is 9. The monoisotopic (exact) mass is 460 g/mol. The lowest BCUT2D eigenvalue weighted by molar-refractivity contribution is -0.126. The average Bonchev–Trinajstić information content (AvgIpc) is 3.22. The highest BCUT2D eigenvalue weighted by Gasteiger charge is 2.28. The topological polar surface area (TPSA) is 116 Å². The number of ether oxygens (including phenoxy) is 2. The van der Waals surface area contributed by atoms with Crippen molar-refractivity contribution in [3.8, 4) is 5.75 Å². The molecule has 1 aliphatic heterocycles. The molecule has 0 radical (unpaired) electrons. The van der Waals surface area contributed by atoms with E-state index in [1.54, 1.807) is 24.3 Å². The molecule has 2 atom stereocenters. The lowest BCUT2D eigenvalue weighted by Crippen LogP contribution is -2.28. The maximum Gasteiger partial charge on any atom is 0.267 e. The van der Waals surface area contributed by atoms with Crippen LogP contribution in [0.5, 0.6) is 5.75 Å². The summed E-state index contributed by atoms with van der Waals surface area (Å²) in [4.78, 5) is 26.6. The number of pyridine rings is 1. The first-order valence-corrected chi connectivity index (χ1v) is 11.1. The molecule has 2 aromatic rings. The molecule has 9 heteroatoms. The molecule has 180 valence electrons. The van der Waals surface area contributed by atoms with E-state index >= 15 is 0 Å². The van der Waals surface area contributed by atoms with E-state index in [-0.39, 0.29) is 23.5 Å². The smallest absolute Gasteiger partial charge is 0.267 e. The van der Waals surface area contributed by atoms with Crippen molar-refractivity contribution >= 4 is 17.5 Å². The second-order valence-electron chi connectivity index (χ2n) is 8.04. The Labute approximate surface area is 194 Å². The molecule has 2 unspecified atom stereocenters. The highest BCUT2D eigenvalue weighted by atomic mass is 19.1. The summed E-state index contributed by atoms with van der Waals surface area (Å²) in [5.74, 6) is -0.797. The Morgan fingerprint density at radius 2 is 2.03 bits per heavy atom. The molecule has 2 heterocycles. The number of nitrogens with two attached hydrogens (primary N) is 1. The number of nitrogens with one attached hydrogen (secondary N) is 2. The Morgan fingerprint density at radius 3 is 2.67 bits per heavy atom. The standard InChI is InChI=1S/C12H18FNO.C12H15N3O3/c1-10(2)14-8-5-9-15-12-7-4-3-6-11(12)13;1-7-2-3-10(18-7)12(17)15-8-4-5-14-9(6-8)11(13)16/h3-4,6-7,10,14H,5,8-9H2,1-2H3;4-7,10H,2-3H2,1H3,(H2,13,16)(H,14,15,17). The van der Waals surface area contributed by atoms with Crippen LogP contribution in [-0.2, 0) is 9.53 Å². The average molecular weight is 461 g/mol. The van der Waals surface area contributed by atoms with Gasteiger partial charge in [-0.2, -0.15) is 0 Å². The van der Waals surface area contributed by atoms with Gasteiger partial charge >= 0.3 is 0 Å². The fourth-order valence-electron chi connectivity index (χ4n) is 3.07. The summed E-state index contributed by atoms with van der Waals surface area (Å²) < 4.78 is 23.8. The van der Waals surface area contributed by atoms with Gasteiger partial charge in [0.1, 0.15) is 11.8 Å². The van der Waals surface area contributed by atoms with E-state index in [0.29, 0.717) is 30.5 Å². The summed E-state index contributed by atoms with van der Waals surface area (Å²) in [6.07, 6.45) is 3.58. The number of nitrogens with zero attached hydrogens (tertiary/aromatic N) is 1. The zero-order valence-electron chi connectivity index (χ0n) is 19.3. The predicted octanol–water partition coefficient (Wildman–Crippen LogP) is 3.28. The van der Waals surface area contributed by atoms with E-state index in [0.717, 1.165) is 19.4 Å². The molecule has 0 bridgehead atoms. The molecule has 1 aromatic carbocycles. The van der Waals surface area contributed by atoms with E-state index in [1.807, 2.05) is 6.92 Å². The van der Waals surface area contributed by atoms with Crippen molar-refractivity contribution in [2.24, 2.45) is 5.73 Å². The summed E-state index contributed by atoms with van der Waals surface area (Å²) in [7, 11) is 0. The Balaban J connectivity index is 0.000000238. The highest BCUT2D eigenvalue weighted by Crippen LogP contribution is 2.20. The van der Waals surface area contributed by atoms with Gasteiger partial charge in [0.15, 0.2) is 11.6 Å². The van der Waals surface area contributed by atoms with Crippen LogP contribution in [0, 0.1) is 5.82 Å². The molecule has 0 spiro atoms. The Kier molecular flexibility index (Phi) is 10.7. The van der Waals surface area contributed by atoms with Gasteiger partial charge in [0.2, 0.25) is 0 Å². The number of primary amides is 1. The highest BCUT2D eigenvalue weighted by molar-refractivity contribution is 5.96. The van der Waals surface area contributed by atoms with Crippen LogP contribution in [0.1, 0.15) is 50.5 Å². The first kappa shape index (κ1) is 26.2. The zero-order chi connectivity index (χ0) is 24.2. The van der Waals surface area contributed by atoms with Crippen molar-refractivity contribution in [1.82, 2.24) is 10.3 Å². The number of hydrogen-bond donors (Lipinski definition) is 3. The quantitative estimate of drug-likeness (QED) is 0.495. The van der Waals surface area contributed by atoms with Gasteiger partial charge in [0, 0.05) is 17.9 Å². The lowest BCUT2D eigenvalue weighted by atomic mass is 10.2. The third-order valence-corrected chi connectivity index (χ3v) is 4.77. The summed E-state index contributed by atoms with van der Waals surface area (Å²) in [6, 6.07) is 10.0. The number of amides is 2. The summed E-state index contributed by atoms with van der Waals surface area (Å²) in [5, 5.41) is 5.96. The fourth-order valence-corrected chi connectivity index (χ4v) is 3.07. The number of carbonyl (C=O) groups is 2. The molecular weight excluding hydrogens is 427 g/mol. The van der Waals surface area contributed by atoms with E-state index in [1.165, 1.54) is 18.3 Å². The molecule has 4 N–H and O–H groups in total. The molecule has 2 amide bonds. The Morgan fingerprint density at radius 1 is 1.27 bits per heavy atom. The lowest BCUT2D eigenvalue weighted by Gasteiger charge is -2.11. The normalized spacial score (nSPS) is 17.2. The van der Waals surface area contributed by atoms with E-state index in [2.05, 4.69) is 29.5 Å². The van der Waals surface area contributed by atoms with Gasteiger partial charge in [-0.3, -0.25) is 14.6 Å². The van der Waals surface area contributed by atoms with Gasteiger partial charge in [0.05, 0.1) is 12.7 Å². The van der Waals surface area contributed by atoms with Crippen LogP contribution in [0.15, 0.2) is 42.6 Å². The van der Waals surface area contributed by atoms with Crippen LogP contribution < -0.4 is 21.1 Å². The second kappa shape index (κ2) is 13.5. The first-order valence-electron chi connectivity index (χ1n) is 11.1. The Bertz CT molecular complexity index is 910. The van der Waals surface area contributed by atoms with Gasteiger partial charge in [-0.1, -0.05) is 26.0 Å². The molecule has 33 heavy (non-hydrogen) atoms. The van der Waals surface area contributed by atoms with Crippen molar-refractivity contribution < 1.29 is 23.5 Å². The molecule has 1 fully saturated rings. The number of para-hydroxylation sites is 1. The number of anilines is 1. The number of aromatic nitrogens is 1. The second-order valence-corrected chi connectivity index (χ2v) is 8.04. The maximum atomic E-state index is 13.1. The van der Waals surface area contributed by atoms with Crippen LogP contribution in [-0.4, -0.2) is 48.2 Å². The summed E-state index contributed by atoms with van der Waals surface area (Å²) >= 11 is 0. The third kappa shape index (κ3) is 9.55. The third-order valence-electron chi connectivity index (χ3n) is 4.77. The van der Waals surface area contributed by atoms with Gasteiger partial charge in [-0.25, -0.2) is 4.39 Å². The first-order chi connectivity index (χ1) is 15.8. The van der Waals surface area contributed by atoms with Crippen molar-refractivity contribution in [2.75, 3.05) is 18.5 Å². The van der Waals surface area contributed by atoms with Crippen LogP contribution in [0.25, 0.3) is 0 Å². The number of hydrogen-bond acceptors (Lipinski definition) is 6. The van der Waals surface area contributed by atoms with Crippen LogP contribution in [0.4, 0.5) is 10.1 Å². The zero-order valence-corrected chi connectivity index (χ0v) is 19.3. The number of halogens is 1. The molecule has 1 aromatic heterocycles. The van der Waals surface area contributed by atoms with Crippen molar-refractivity contribution in [3.63, 3.8) is 0 Å². The molecule has 8 nitrogen and oxygen atoms in total. The van der Waals surface area contributed by atoms with E-state index < -0.39 is 12.0 Å². The van der Waals surface area contributed by atoms with E-state index in [4.69, 9.17) is 15.2 Å². The fraction of sp³-hybridized carbons (Fsp3) is 0.458. The van der Waals surface area contributed by atoms with Gasteiger partial charge < -0.3 is 25.8 Å². The Hall–Kier alpha value is -3.04. The van der Waals surface area contributed by atoms with Crippen molar-refractivity contribution in [3.05, 3.63) is 54.1 Å². The minimum atomic E-state index is -0.628. The van der Waals surface area contributed by atoms with Crippen LogP contribution >= 0.6 is 0 Å². The van der Waals surface area contributed by atoms with Crippen LogP contribution in [0.2, 0.25) is 0 Å². The van der Waals surface area contributed by atoms with Gasteiger partial charge in [0.25, 0.3) is 11.8 Å². The summed E-state index contributed by atoms with van der Waals surface area (Å²) in [6.45, 7) is 7.56. The SMILES string of the molecule is CC(C)NCCCOc1ccccc1F.CC1CCC(C(=O)Nc2ccnc(C(N)=O)c2)O1. The molecule has 1 saturated heterocycles. The predicted molar refractivity (Wildman–Crippen MR) is 125 cm³/mol. The molecule has 0 saturated carbocycles. The largest absolute Gasteiger partial charge is 0.490 e. The van der Waals surface area contributed by atoms with Crippen molar-refractivity contribution in [1.29, 1.82) is 0 Å². The van der Waals surface area contributed by atoms with Crippen molar-refractivity contribution in [2.45, 2.75) is 58.3 Å². The summed E-state index contributed by atoms with van der Waals surface area (Å²) in [5.41, 5.74) is 5.73. The van der Waals surface area contributed by atoms with Crippen LogP contribution in [0.3, 0.4) is 0 Å². The molecule has 0 aliphatic carbocycles.